The van der Waals surface area contributed by atoms with Gasteiger partial charge in [-0.05, 0) is 54.7 Å². The third-order valence-electron chi connectivity index (χ3n) is 7.73. The summed E-state index contributed by atoms with van der Waals surface area (Å²) in [6.45, 7) is 3.43. The monoisotopic (exact) mass is 552 g/mol. The normalized spacial score (nSPS) is 16.9. The van der Waals surface area contributed by atoms with Gasteiger partial charge in [0, 0.05) is 42.7 Å². The molecule has 1 fully saturated rings. The Labute approximate surface area is 227 Å². The largest absolute Gasteiger partial charge is 0.416 e. The zero-order valence-corrected chi connectivity index (χ0v) is 22.0. The predicted octanol–water partition coefficient (Wildman–Crippen LogP) is 5.51. The van der Waals surface area contributed by atoms with Crippen LogP contribution in [0.4, 0.5) is 13.2 Å². The van der Waals surface area contributed by atoms with Crippen molar-refractivity contribution in [3.63, 3.8) is 0 Å². The Morgan fingerprint density at radius 3 is 2.41 bits per heavy atom. The third kappa shape index (κ3) is 5.10. The lowest BCUT2D eigenvalue weighted by Crippen LogP contribution is -2.37. The molecule has 202 valence electrons. The molecule has 0 bridgehead atoms. The highest BCUT2D eigenvalue weighted by atomic mass is 32.1. The van der Waals surface area contributed by atoms with Gasteiger partial charge in [-0.2, -0.15) is 13.2 Å². The molecular weight excluding hydrogens is 525 g/mol. The highest BCUT2D eigenvalue weighted by Crippen LogP contribution is 2.34. The van der Waals surface area contributed by atoms with E-state index >= 15 is 0 Å². The summed E-state index contributed by atoms with van der Waals surface area (Å²) in [5.41, 5.74) is 1.63. The summed E-state index contributed by atoms with van der Waals surface area (Å²) in [7, 11) is 0. The first-order valence-electron chi connectivity index (χ1n) is 13.0. The molecule has 0 atom stereocenters. The van der Waals surface area contributed by atoms with Crippen LogP contribution in [0, 0.1) is 0 Å². The lowest BCUT2D eigenvalue weighted by molar-refractivity contribution is -0.137. The lowest BCUT2D eigenvalue weighted by Gasteiger charge is -2.32. The van der Waals surface area contributed by atoms with Gasteiger partial charge in [0.2, 0.25) is 0 Å². The van der Waals surface area contributed by atoms with E-state index in [4.69, 9.17) is 0 Å². The van der Waals surface area contributed by atoms with Crippen LogP contribution in [0.2, 0.25) is 0 Å². The average Bonchev–Trinajstić information content (AvgIpc) is 3.32. The second kappa shape index (κ2) is 10.2. The molecule has 0 unspecified atom stereocenters. The first-order chi connectivity index (χ1) is 18.8. The summed E-state index contributed by atoms with van der Waals surface area (Å²) in [4.78, 5) is 36.9. The zero-order chi connectivity index (χ0) is 27.1. The summed E-state index contributed by atoms with van der Waals surface area (Å²) >= 11 is 1.42. The van der Waals surface area contributed by atoms with Crippen LogP contribution in [0.1, 0.15) is 50.8 Å². The molecule has 0 spiro atoms. The first-order valence-corrected chi connectivity index (χ1v) is 13.8. The van der Waals surface area contributed by atoms with Crippen LogP contribution in [0.25, 0.3) is 10.2 Å². The molecule has 2 aromatic heterocycles. The maximum absolute atomic E-state index is 13.6. The number of benzene rings is 2. The maximum Gasteiger partial charge on any atom is 0.416 e. The van der Waals surface area contributed by atoms with Gasteiger partial charge in [0.05, 0.1) is 23.8 Å². The molecule has 6 nitrogen and oxygen atoms in total. The number of likely N-dealkylation sites (tertiary alicyclic amines) is 1. The van der Waals surface area contributed by atoms with Crippen molar-refractivity contribution in [1.82, 2.24) is 19.4 Å². The summed E-state index contributed by atoms with van der Waals surface area (Å²) in [5.74, 6) is -0.320. The zero-order valence-electron chi connectivity index (χ0n) is 21.2. The molecule has 6 rings (SSSR count). The Kier molecular flexibility index (Phi) is 6.76. The van der Waals surface area contributed by atoms with E-state index in [9.17, 15) is 22.8 Å². The topological polar surface area (TPSA) is 58.4 Å². The first kappa shape index (κ1) is 25.8. The fourth-order valence-corrected chi connectivity index (χ4v) is 6.81. The Morgan fingerprint density at radius 1 is 1.00 bits per heavy atom. The molecular formula is C29H27F3N4O2S. The molecule has 2 aliphatic heterocycles. The molecule has 0 saturated carbocycles. The molecule has 2 aromatic carbocycles. The van der Waals surface area contributed by atoms with Crippen molar-refractivity contribution in [3.05, 3.63) is 98.4 Å². The number of carbonyl (C=O) groups excluding carboxylic acids is 1. The molecule has 4 heterocycles. The number of amides is 1. The molecule has 0 radical (unpaired) electrons. The number of piperidine rings is 1. The van der Waals surface area contributed by atoms with Gasteiger partial charge < -0.3 is 4.90 Å². The molecule has 4 aromatic rings. The number of fused-ring (bicyclic) bond motifs is 3. The average molecular weight is 553 g/mol. The van der Waals surface area contributed by atoms with E-state index in [1.165, 1.54) is 29.0 Å². The van der Waals surface area contributed by atoms with Gasteiger partial charge in [0.15, 0.2) is 0 Å². The van der Waals surface area contributed by atoms with Gasteiger partial charge in [0.1, 0.15) is 4.83 Å². The number of alkyl halides is 3. The Hall–Kier alpha value is -3.50. The van der Waals surface area contributed by atoms with E-state index in [-0.39, 0.29) is 23.1 Å². The minimum atomic E-state index is -4.45. The molecule has 10 heteroatoms. The number of halogens is 3. The van der Waals surface area contributed by atoms with Crippen LogP contribution < -0.4 is 5.56 Å². The van der Waals surface area contributed by atoms with Gasteiger partial charge in [-0.25, -0.2) is 4.98 Å². The summed E-state index contributed by atoms with van der Waals surface area (Å²) < 4.78 is 40.5. The second-order valence-corrected chi connectivity index (χ2v) is 11.3. The number of hydrogen-bond acceptors (Lipinski definition) is 5. The maximum atomic E-state index is 13.6. The smallest absolute Gasteiger partial charge is 0.333 e. The standard InChI is InChI=1S/C29H27F3N4O2S/c30-29(31,32)21-8-6-20(7-9-21)27(37)35-15-12-23-24(17-35)39-26-25(23)28(38)36(18-33-26)22-10-13-34(14-11-22)16-19-4-2-1-3-5-19/h1-9,18,22H,10-17H2. The van der Waals surface area contributed by atoms with Gasteiger partial charge in [-0.3, -0.25) is 19.1 Å². The van der Waals surface area contributed by atoms with Crippen molar-refractivity contribution in [1.29, 1.82) is 0 Å². The predicted molar refractivity (Wildman–Crippen MR) is 144 cm³/mol. The van der Waals surface area contributed by atoms with Crippen LogP contribution in [-0.4, -0.2) is 44.9 Å². The van der Waals surface area contributed by atoms with Crippen LogP contribution in [0.5, 0.6) is 0 Å². The summed E-state index contributed by atoms with van der Waals surface area (Å²) in [5, 5.41) is 0.644. The molecule has 0 aliphatic carbocycles. The number of carbonyl (C=O) groups is 1. The fraction of sp³-hybridized carbons (Fsp3) is 0.345. The lowest BCUT2D eigenvalue weighted by atomic mass is 10.0. The SMILES string of the molecule is O=C(c1ccc(C(F)(F)F)cc1)N1CCc2c(sc3ncn(C4CCN(Cc5ccccc5)CC4)c(=O)c23)C1. The van der Waals surface area contributed by atoms with Gasteiger partial charge in [0.25, 0.3) is 11.5 Å². The van der Waals surface area contributed by atoms with Crippen LogP contribution in [0.3, 0.4) is 0 Å². The van der Waals surface area contributed by atoms with Crippen molar-refractivity contribution < 1.29 is 18.0 Å². The third-order valence-corrected chi connectivity index (χ3v) is 8.86. The summed E-state index contributed by atoms with van der Waals surface area (Å²) in [6, 6.07) is 14.8. The van der Waals surface area contributed by atoms with Gasteiger partial charge in [-0.15, -0.1) is 11.3 Å². The molecule has 1 amide bonds. The van der Waals surface area contributed by atoms with Crippen molar-refractivity contribution in [2.75, 3.05) is 19.6 Å². The van der Waals surface area contributed by atoms with E-state index in [2.05, 4.69) is 22.0 Å². The van der Waals surface area contributed by atoms with Gasteiger partial charge in [-0.1, -0.05) is 30.3 Å². The minimum Gasteiger partial charge on any atom is -0.333 e. The van der Waals surface area contributed by atoms with E-state index < -0.39 is 11.7 Å². The Balaban J connectivity index is 1.17. The van der Waals surface area contributed by atoms with E-state index in [0.717, 1.165) is 55.0 Å². The number of aromatic nitrogens is 2. The van der Waals surface area contributed by atoms with Crippen molar-refractivity contribution >= 4 is 27.5 Å². The van der Waals surface area contributed by atoms with E-state index in [1.54, 1.807) is 15.8 Å². The number of thiophene rings is 1. The number of hydrogen-bond donors (Lipinski definition) is 0. The van der Waals surface area contributed by atoms with Gasteiger partial charge >= 0.3 is 6.18 Å². The second-order valence-electron chi connectivity index (χ2n) is 10.2. The number of nitrogens with zero attached hydrogens (tertiary/aromatic N) is 4. The Bertz CT molecular complexity index is 1560. The van der Waals surface area contributed by atoms with E-state index in [1.807, 2.05) is 18.2 Å². The number of rotatable bonds is 4. The van der Waals surface area contributed by atoms with Crippen molar-refractivity contribution in [2.24, 2.45) is 0 Å². The van der Waals surface area contributed by atoms with Crippen LogP contribution >= 0.6 is 11.3 Å². The van der Waals surface area contributed by atoms with Crippen LogP contribution in [0.15, 0.2) is 65.7 Å². The highest BCUT2D eigenvalue weighted by Gasteiger charge is 2.32. The van der Waals surface area contributed by atoms with Crippen molar-refractivity contribution in [2.45, 2.75) is 44.6 Å². The molecule has 1 saturated heterocycles. The fourth-order valence-electron chi connectivity index (χ4n) is 5.61. The van der Waals surface area contributed by atoms with Crippen molar-refractivity contribution in [3.8, 4) is 0 Å². The minimum absolute atomic E-state index is 0.0264. The summed E-state index contributed by atoms with van der Waals surface area (Å²) in [6.07, 6.45) is -0.519. The quantitative estimate of drug-likeness (QED) is 0.335. The molecule has 2 aliphatic rings. The molecule has 39 heavy (non-hydrogen) atoms. The van der Waals surface area contributed by atoms with E-state index in [0.29, 0.717) is 29.7 Å². The van der Waals surface area contributed by atoms with Crippen LogP contribution in [-0.2, 0) is 25.7 Å². The highest BCUT2D eigenvalue weighted by molar-refractivity contribution is 7.18. The Morgan fingerprint density at radius 2 is 1.72 bits per heavy atom. The molecule has 0 N–H and O–H groups in total.